The zero-order valence-electron chi connectivity index (χ0n) is 16.6. The molecule has 1 aliphatic rings. The van der Waals surface area contributed by atoms with Gasteiger partial charge in [-0.05, 0) is 60.0 Å². The van der Waals surface area contributed by atoms with Gasteiger partial charge in [-0.3, -0.25) is 9.48 Å². The van der Waals surface area contributed by atoms with E-state index in [4.69, 9.17) is 14.0 Å². The molecule has 0 aliphatic carbocycles. The molecule has 0 unspecified atom stereocenters. The van der Waals surface area contributed by atoms with E-state index < -0.39 is 12.7 Å². The van der Waals surface area contributed by atoms with E-state index >= 15 is 0 Å². The minimum atomic E-state index is -0.510. The van der Waals surface area contributed by atoms with E-state index in [0.717, 1.165) is 16.4 Å². The Labute approximate surface area is 154 Å². The molecule has 1 aromatic heterocycles. The number of ether oxygens (including phenoxy) is 1. The first-order chi connectivity index (χ1) is 11.9. The smallest absolute Gasteiger partial charge is 0.459 e. The molecule has 0 bridgehead atoms. The van der Waals surface area contributed by atoms with Crippen molar-refractivity contribution < 1.29 is 18.8 Å². The number of hydrogen-bond acceptors (Lipinski definition) is 5. The molecule has 1 saturated heterocycles. The second-order valence-corrected chi connectivity index (χ2v) is 8.80. The molecule has 0 amide bonds. The van der Waals surface area contributed by atoms with Crippen LogP contribution >= 0.6 is 0 Å². The predicted octanol–water partition coefficient (Wildman–Crippen LogP) is 2.68. The van der Waals surface area contributed by atoms with E-state index in [1.807, 2.05) is 66.7 Å². The molecule has 1 fully saturated rings. The minimum Gasteiger partial charge on any atom is -0.459 e. The van der Waals surface area contributed by atoms with E-state index in [1.54, 1.807) is 10.9 Å². The van der Waals surface area contributed by atoms with Crippen molar-refractivity contribution in [3.8, 4) is 0 Å². The van der Waals surface area contributed by atoms with Gasteiger partial charge in [0.25, 0.3) is 0 Å². The van der Waals surface area contributed by atoms with Gasteiger partial charge in [0.2, 0.25) is 0 Å². The van der Waals surface area contributed by atoms with Gasteiger partial charge in [-0.15, -0.1) is 0 Å². The molecule has 2 aromatic rings. The number of hydrogen-bond donors (Lipinski definition) is 0. The third-order valence-corrected chi connectivity index (χ3v) is 4.89. The Morgan fingerprint density at radius 1 is 1.19 bits per heavy atom. The summed E-state index contributed by atoms with van der Waals surface area (Å²) in [5.41, 5.74) is 0.537. The standard InChI is InChI=1S/C19H27BN2O4/c1-17(2,3)24-16(23)12-22-15-9-8-14(10-13(15)11-21-22)20-25-18(4,5)19(6,7)26-20/h8-11H,12H2,1-7H3. The number of fused-ring (bicyclic) bond motifs is 1. The average molecular weight is 358 g/mol. The van der Waals surface area contributed by atoms with Crippen LogP contribution in [0.3, 0.4) is 0 Å². The molecule has 2 heterocycles. The Kier molecular flexibility index (Phi) is 4.44. The minimum absolute atomic E-state index is 0.0800. The van der Waals surface area contributed by atoms with Gasteiger partial charge in [0.15, 0.2) is 0 Å². The lowest BCUT2D eigenvalue weighted by atomic mass is 9.79. The van der Waals surface area contributed by atoms with Gasteiger partial charge in [0, 0.05) is 5.39 Å². The molecule has 3 rings (SSSR count). The van der Waals surface area contributed by atoms with Crippen LogP contribution in [0.15, 0.2) is 24.4 Å². The highest BCUT2D eigenvalue weighted by atomic mass is 16.7. The Morgan fingerprint density at radius 3 is 2.38 bits per heavy atom. The second kappa shape index (κ2) is 6.10. The summed E-state index contributed by atoms with van der Waals surface area (Å²) in [6.07, 6.45) is 1.74. The van der Waals surface area contributed by atoms with Crippen LogP contribution in [0.4, 0.5) is 0 Å². The first-order valence-corrected chi connectivity index (χ1v) is 8.91. The van der Waals surface area contributed by atoms with Crippen molar-refractivity contribution in [3.63, 3.8) is 0 Å². The number of carbonyl (C=O) groups excluding carboxylic acids is 1. The van der Waals surface area contributed by atoms with Gasteiger partial charge in [-0.2, -0.15) is 5.10 Å². The van der Waals surface area contributed by atoms with Crippen molar-refractivity contribution in [1.82, 2.24) is 9.78 Å². The van der Waals surface area contributed by atoms with Crippen LogP contribution in [0, 0.1) is 0 Å². The van der Waals surface area contributed by atoms with Gasteiger partial charge in [0.1, 0.15) is 12.1 Å². The lowest BCUT2D eigenvalue weighted by Crippen LogP contribution is -2.41. The SMILES string of the molecule is CC(C)(C)OC(=O)Cn1ncc2cc(B3OC(C)(C)C(C)(C)O3)ccc21. The summed E-state index contributed by atoms with van der Waals surface area (Å²) in [5.74, 6) is -0.308. The molecule has 26 heavy (non-hydrogen) atoms. The van der Waals surface area contributed by atoms with Crippen LogP contribution in [0.5, 0.6) is 0 Å². The van der Waals surface area contributed by atoms with Crippen molar-refractivity contribution in [3.05, 3.63) is 24.4 Å². The predicted molar refractivity (Wildman–Crippen MR) is 101 cm³/mol. The fourth-order valence-electron chi connectivity index (χ4n) is 2.85. The van der Waals surface area contributed by atoms with Crippen LogP contribution in [0.1, 0.15) is 48.5 Å². The molecule has 0 saturated carbocycles. The molecule has 1 aromatic carbocycles. The van der Waals surface area contributed by atoms with Crippen LogP contribution in [0.2, 0.25) is 0 Å². The Balaban J connectivity index is 1.81. The Hall–Kier alpha value is -1.86. The molecule has 6 nitrogen and oxygen atoms in total. The number of carbonyl (C=O) groups is 1. The Bertz CT molecular complexity index is 820. The fraction of sp³-hybridized carbons (Fsp3) is 0.579. The van der Waals surface area contributed by atoms with Gasteiger partial charge >= 0.3 is 13.1 Å². The molecule has 0 radical (unpaired) electrons. The maximum absolute atomic E-state index is 12.1. The van der Waals surface area contributed by atoms with Crippen molar-refractivity contribution in [2.45, 2.75) is 71.8 Å². The van der Waals surface area contributed by atoms with E-state index in [9.17, 15) is 4.79 Å². The van der Waals surface area contributed by atoms with Crippen molar-refractivity contribution >= 4 is 29.5 Å². The highest BCUT2D eigenvalue weighted by Crippen LogP contribution is 2.36. The first kappa shape index (κ1) is 18.9. The van der Waals surface area contributed by atoms with Gasteiger partial charge < -0.3 is 14.0 Å². The molecule has 7 heteroatoms. The summed E-state index contributed by atoms with van der Waals surface area (Å²) < 4.78 is 19.2. The lowest BCUT2D eigenvalue weighted by molar-refractivity contribution is -0.155. The summed E-state index contributed by atoms with van der Waals surface area (Å²) in [7, 11) is -0.418. The third kappa shape index (κ3) is 3.64. The monoisotopic (exact) mass is 358 g/mol. The maximum Gasteiger partial charge on any atom is 0.494 e. The van der Waals surface area contributed by atoms with E-state index in [0.29, 0.717) is 0 Å². The average Bonchev–Trinajstić information content (AvgIpc) is 2.95. The van der Waals surface area contributed by atoms with Crippen molar-refractivity contribution in [1.29, 1.82) is 0 Å². The zero-order chi connectivity index (χ0) is 19.3. The normalized spacial score (nSPS) is 19.1. The lowest BCUT2D eigenvalue weighted by Gasteiger charge is -2.32. The quantitative estimate of drug-likeness (QED) is 0.624. The van der Waals surface area contributed by atoms with Gasteiger partial charge in [-0.1, -0.05) is 12.1 Å². The maximum atomic E-state index is 12.1. The van der Waals surface area contributed by atoms with E-state index in [2.05, 4.69) is 5.10 Å². The largest absolute Gasteiger partial charge is 0.494 e. The van der Waals surface area contributed by atoms with Gasteiger partial charge in [0.05, 0.1) is 22.9 Å². The van der Waals surface area contributed by atoms with Crippen LogP contribution < -0.4 is 5.46 Å². The summed E-state index contributed by atoms with van der Waals surface area (Å²) in [4.78, 5) is 12.1. The molecule has 0 spiro atoms. The fourth-order valence-corrected chi connectivity index (χ4v) is 2.85. The molecule has 1 aliphatic heterocycles. The summed E-state index contributed by atoms with van der Waals surface area (Å²) in [6.45, 7) is 13.8. The number of nitrogens with zero attached hydrogens (tertiary/aromatic N) is 2. The van der Waals surface area contributed by atoms with Crippen molar-refractivity contribution in [2.75, 3.05) is 0 Å². The highest BCUT2D eigenvalue weighted by molar-refractivity contribution is 6.62. The second-order valence-electron chi connectivity index (χ2n) is 8.80. The van der Waals surface area contributed by atoms with Crippen LogP contribution in [-0.2, 0) is 25.4 Å². The topological polar surface area (TPSA) is 62.6 Å². The number of esters is 1. The first-order valence-electron chi connectivity index (χ1n) is 8.91. The number of aromatic nitrogens is 2. The molecule has 0 N–H and O–H groups in total. The highest BCUT2D eigenvalue weighted by Gasteiger charge is 2.51. The molecule has 0 atom stereocenters. The molecular weight excluding hydrogens is 331 g/mol. The van der Waals surface area contributed by atoms with Gasteiger partial charge in [-0.25, -0.2) is 0 Å². The van der Waals surface area contributed by atoms with E-state index in [-0.39, 0.29) is 23.7 Å². The van der Waals surface area contributed by atoms with E-state index in [1.165, 1.54) is 0 Å². The third-order valence-electron chi connectivity index (χ3n) is 4.89. The van der Waals surface area contributed by atoms with Crippen LogP contribution in [0.25, 0.3) is 10.9 Å². The van der Waals surface area contributed by atoms with Crippen molar-refractivity contribution in [2.24, 2.45) is 0 Å². The molecule has 140 valence electrons. The summed E-state index contributed by atoms with van der Waals surface area (Å²) in [5, 5.41) is 5.26. The summed E-state index contributed by atoms with van der Waals surface area (Å²) in [6, 6.07) is 5.89. The Morgan fingerprint density at radius 2 is 1.81 bits per heavy atom. The van der Waals surface area contributed by atoms with Crippen LogP contribution in [-0.4, -0.2) is 39.7 Å². The number of benzene rings is 1. The molecular formula is C19H27BN2O4. The number of rotatable bonds is 3. The zero-order valence-corrected chi connectivity index (χ0v) is 16.6. The summed E-state index contributed by atoms with van der Waals surface area (Å²) >= 11 is 0.